The Morgan fingerprint density at radius 2 is 1.88 bits per heavy atom. The summed E-state index contributed by atoms with van der Waals surface area (Å²) in [5.74, 6) is 0.828. The smallest absolute Gasteiger partial charge is 0.416 e. The zero-order valence-electron chi connectivity index (χ0n) is 23.0. The lowest BCUT2D eigenvalue weighted by Crippen LogP contribution is -2.52. The van der Waals surface area contributed by atoms with Gasteiger partial charge >= 0.3 is 6.18 Å². The van der Waals surface area contributed by atoms with Crippen molar-refractivity contribution in [2.45, 2.75) is 37.2 Å². The number of benzene rings is 3. The first-order chi connectivity index (χ1) is 20.2. The number of aliphatic hydroxyl groups excluding tert-OH is 1. The number of alkyl halides is 3. The minimum atomic E-state index is -4.48. The van der Waals surface area contributed by atoms with Crippen LogP contribution in [0.25, 0.3) is 0 Å². The Labute approximate surface area is 241 Å². The molecule has 0 spiro atoms. The molecule has 3 aromatic carbocycles. The zero-order valence-corrected chi connectivity index (χ0v) is 23.0. The van der Waals surface area contributed by atoms with Crippen LogP contribution in [0.2, 0.25) is 0 Å². The molecule has 3 N–H and O–H groups in total. The quantitative estimate of drug-likeness (QED) is 0.147. The molecule has 0 fully saturated rings. The van der Waals surface area contributed by atoms with Gasteiger partial charge in [0.25, 0.3) is 5.91 Å². The second-order valence-corrected chi connectivity index (χ2v) is 9.56. The molecule has 1 heterocycles. The van der Waals surface area contributed by atoms with E-state index in [0.717, 1.165) is 12.1 Å². The van der Waals surface area contributed by atoms with Gasteiger partial charge in [-0.15, -0.1) is 6.58 Å². The van der Waals surface area contributed by atoms with Crippen molar-refractivity contribution in [3.63, 3.8) is 0 Å². The summed E-state index contributed by atoms with van der Waals surface area (Å²) in [6.45, 7) is 4.16. The number of aliphatic hydroxyl groups is 1. The molecule has 11 heteroatoms. The molecule has 0 aliphatic carbocycles. The van der Waals surface area contributed by atoms with Gasteiger partial charge in [0.15, 0.2) is 11.6 Å². The van der Waals surface area contributed by atoms with E-state index in [1.165, 1.54) is 19.2 Å². The number of methoxy groups -OCH3 is 1. The zero-order chi connectivity index (χ0) is 30.2. The van der Waals surface area contributed by atoms with Crippen LogP contribution < -0.4 is 20.3 Å². The van der Waals surface area contributed by atoms with Crippen molar-refractivity contribution in [3.8, 4) is 11.5 Å². The number of hydrazine groups is 1. The number of nitrogens with one attached hydrogen (secondary N) is 2. The Balaban J connectivity index is 1.62. The van der Waals surface area contributed by atoms with E-state index < -0.39 is 29.3 Å². The van der Waals surface area contributed by atoms with Gasteiger partial charge < -0.3 is 19.3 Å². The van der Waals surface area contributed by atoms with Crippen LogP contribution in [0, 0.1) is 0 Å². The van der Waals surface area contributed by atoms with Crippen molar-refractivity contribution in [3.05, 3.63) is 108 Å². The number of hydrogen-bond donors (Lipinski definition) is 3. The first kappa shape index (κ1) is 30.6. The number of ether oxygens (including phenoxy) is 3. The summed E-state index contributed by atoms with van der Waals surface area (Å²) in [7, 11) is 1.53. The summed E-state index contributed by atoms with van der Waals surface area (Å²) in [5.41, 5.74) is 4.64. The van der Waals surface area contributed by atoms with Crippen LogP contribution in [0.5, 0.6) is 11.5 Å². The van der Waals surface area contributed by atoms with Gasteiger partial charge in [-0.3, -0.25) is 10.2 Å². The number of amides is 1. The Bertz CT molecular complexity index is 1410. The Hall–Kier alpha value is -4.35. The molecule has 0 saturated carbocycles. The Kier molecular flexibility index (Phi) is 9.87. The molecule has 1 aliphatic heterocycles. The molecule has 3 aromatic rings. The predicted octanol–water partition coefficient (Wildman–Crippen LogP) is 5.13. The molecule has 0 bridgehead atoms. The third kappa shape index (κ3) is 7.10. The van der Waals surface area contributed by atoms with Gasteiger partial charge in [-0.05, 0) is 53.6 Å². The monoisotopic (exact) mass is 583 g/mol. The van der Waals surface area contributed by atoms with Crippen molar-refractivity contribution in [2.24, 2.45) is 4.99 Å². The minimum Gasteiger partial charge on any atom is -0.497 e. The molecular weight excluding hydrogens is 551 g/mol. The van der Waals surface area contributed by atoms with E-state index in [1.54, 1.807) is 54.6 Å². The van der Waals surface area contributed by atoms with Crippen LogP contribution >= 0.6 is 0 Å². The van der Waals surface area contributed by atoms with Crippen molar-refractivity contribution in [1.82, 2.24) is 10.9 Å². The lowest BCUT2D eigenvalue weighted by Gasteiger charge is -2.30. The van der Waals surface area contributed by atoms with E-state index in [0.29, 0.717) is 41.2 Å². The van der Waals surface area contributed by atoms with E-state index in [4.69, 9.17) is 24.3 Å². The molecule has 42 heavy (non-hydrogen) atoms. The first-order valence-electron chi connectivity index (χ1n) is 13.2. The van der Waals surface area contributed by atoms with E-state index in [2.05, 4.69) is 17.4 Å². The van der Waals surface area contributed by atoms with Gasteiger partial charge in [0.05, 0.1) is 19.3 Å². The van der Waals surface area contributed by atoms with Crippen LogP contribution in [0.4, 0.5) is 13.2 Å². The molecule has 1 amide bonds. The number of carbonyl (C=O) groups is 1. The predicted molar refractivity (Wildman–Crippen MR) is 151 cm³/mol. The second-order valence-electron chi connectivity index (χ2n) is 9.56. The molecule has 8 nitrogen and oxygen atoms in total. The summed E-state index contributed by atoms with van der Waals surface area (Å²) in [6.07, 6.45) is -3.20. The van der Waals surface area contributed by atoms with Gasteiger partial charge in [-0.1, -0.05) is 36.4 Å². The highest BCUT2D eigenvalue weighted by molar-refractivity contribution is 6.01. The van der Waals surface area contributed by atoms with E-state index >= 15 is 0 Å². The number of halogens is 3. The fraction of sp³-hybridized carbons (Fsp3) is 0.290. The number of hydrogen-bond acceptors (Lipinski definition) is 7. The fourth-order valence-corrected chi connectivity index (χ4v) is 4.53. The molecule has 4 rings (SSSR count). The van der Waals surface area contributed by atoms with Crippen LogP contribution in [0.1, 0.15) is 41.2 Å². The normalized spacial score (nSPS) is 18.1. The van der Waals surface area contributed by atoms with Crippen LogP contribution in [-0.4, -0.2) is 42.8 Å². The maximum Gasteiger partial charge on any atom is 0.416 e. The van der Waals surface area contributed by atoms with E-state index in [9.17, 15) is 18.0 Å². The summed E-state index contributed by atoms with van der Waals surface area (Å²) >= 11 is 0. The maximum absolute atomic E-state index is 13.8. The van der Waals surface area contributed by atoms with Crippen LogP contribution in [0.15, 0.2) is 90.4 Å². The highest BCUT2D eigenvalue weighted by Gasteiger charge is 2.52. The summed E-state index contributed by atoms with van der Waals surface area (Å²) < 4.78 is 56.7. The molecule has 1 aliphatic rings. The summed E-state index contributed by atoms with van der Waals surface area (Å²) in [4.78, 5) is 18.6. The summed E-state index contributed by atoms with van der Waals surface area (Å²) in [5, 5.41) is 8.97. The molecule has 0 unspecified atom stereocenters. The van der Waals surface area contributed by atoms with Crippen molar-refractivity contribution < 1.29 is 37.3 Å². The number of aliphatic imine (C=N–C) groups is 1. The van der Waals surface area contributed by atoms with Crippen LogP contribution in [0.3, 0.4) is 0 Å². The standard InChI is InChI=1S/C31H32F3N3O5/c1-3-15-30(29(39)37-35-20-21-7-4-9-24(18-21)31(32,33)34)27(23-8-5-10-26(19-23)40-2)42-28(36-30)22-11-13-25(14-12-22)41-17-6-16-38/h3-5,7-14,18-19,27,35,38H,1,6,15-17,20H2,2H3,(H,37,39)/t27-,30-/m0/s1. The Morgan fingerprint density at radius 3 is 2.57 bits per heavy atom. The second kappa shape index (κ2) is 13.5. The number of nitrogens with zero attached hydrogens (tertiary/aromatic N) is 1. The van der Waals surface area contributed by atoms with Gasteiger partial charge in [0.1, 0.15) is 11.5 Å². The lowest BCUT2D eigenvalue weighted by atomic mass is 9.84. The van der Waals surface area contributed by atoms with Gasteiger partial charge in [-0.25, -0.2) is 10.4 Å². The minimum absolute atomic E-state index is 0.0244. The molecule has 0 saturated heterocycles. The molecule has 0 aromatic heterocycles. The van der Waals surface area contributed by atoms with Crippen molar-refractivity contribution in [1.29, 1.82) is 0 Å². The van der Waals surface area contributed by atoms with Crippen molar-refractivity contribution in [2.75, 3.05) is 20.3 Å². The number of rotatable bonds is 13. The average Bonchev–Trinajstić information content (AvgIpc) is 3.38. The fourth-order valence-electron chi connectivity index (χ4n) is 4.53. The van der Waals surface area contributed by atoms with Crippen LogP contribution in [-0.2, 0) is 22.3 Å². The Morgan fingerprint density at radius 1 is 1.12 bits per heavy atom. The third-order valence-electron chi connectivity index (χ3n) is 6.63. The van der Waals surface area contributed by atoms with E-state index in [1.807, 2.05) is 0 Å². The highest BCUT2D eigenvalue weighted by atomic mass is 19.4. The SMILES string of the molecule is C=CC[C@]1(C(=O)NNCc2cccc(C(F)(F)F)c2)N=C(c2ccc(OCCCO)cc2)O[C@H]1c1cccc(OC)c1. The molecule has 2 atom stereocenters. The average molecular weight is 584 g/mol. The van der Waals surface area contributed by atoms with Crippen molar-refractivity contribution >= 4 is 11.8 Å². The highest BCUT2D eigenvalue weighted by Crippen LogP contribution is 2.43. The molecular formula is C31H32F3N3O5. The largest absolute Gasteiger partial charge is 0.497 e. The maximum atomic E-state index is 13.8. The molecule has 0 radical (unpaired) electrons. The number of carbonyl (C=O) groups excluding carboxylic acids is 1. The van der Waals surface area contributed by atoms with E-state index in [-0.39, 0.29) is 25.5 Å². The summed E-state index contributed by atoms with van der Waals surface area (Å²) in [6, 6.07) is 18.9. The van der Waals surface area contributed by atoms with Gasteiger partial charge in [0, 0.05) is 31.6 Å². The molecule has 222 valence electrons. The topological polar surface area (TPSA) is 101 Å². The lowest BCUT2D eigenvalue weighted by molar-refractivity contribution is -0.137. The van der Waals surface area contributed by atoms with Gasteiger partial charge in [-0.2, -0.15) is 13.2 Å². The first-order valence-corrected chi connectivity index (χ1v) is 13.2. The third-order valence-corrected chi connectivity index (χ3v) is 6.63. The van der Waals surface area contributed by atoms with Gasteiger partial charge in [0.2, 0.25) is 5.90 Å².